The van der Waals surface area contributed by atoms with E-state index in [1.165, 1.54) is 14.7 Å². The average molecular weight is 1070 g/mol. The third-order valence-electron chi connectivity index (χ3n) is 11.5. The van der Waals surface area contributed by atoms with Crippen LogP contribution in [0.3, 0.4) is 0 Å². The molecular formula is C49H47Cl2F2N5O8S4. The molecule has 2 aromatic heterocycles. The number of rotatable bonds is 14. The fourth-order valence-corrected chi connectivity index (χ4v) is 13.8. The van der Waals surface area contributed by atoms with Crippen molar-refractivity contribution in [3.05, 3.63) is 175 Å². The minimum atomic E-state index is -3.77. The Bertz CT molecular complexity index is 3040. The van der Waals surface area contributed by atoms with Crippen LogP contribution in [0.25, 0.3) is 0 Å². The highest BCUT2D eigenvalue weighted by Crippen LogP contribution is 2.31. The molecule has 13 nitrogen and oxygen atoms in total. The molecule has 368 valence electrons. The zero-order valence-electron chi connectivity index (χ0n) is 37.4. The lowest BCUT2D eigenvalue weighted by molar-refractivity contribution is -0.130. The molecule has 0 radical (unpaired) electrons. The average Bonchev–Trinajstić information content (AvgIpc) is 3.98. The lowest BCUT2D eigenvalue weighted by atomic mass is 9.89. The quantitative estimate of drug-likeness (QED) is 0.102. The predicted molar refractivity (Wildman–Crippen MR) is 266 cm³/mol. The lowest BCUT2D eigenvalue weighted by Gasteiger charge is -2.30. The number of thiophene rings is 2. The maximum absolute atomic E-state index is 14.0. The third kappa shape index (κ3) is 13.5. The van der Waals surface area contributed by atoms with Gasteiger partial charge in [0.25, 0.3) is 31.9 Å². The molecule has 0 spiro atoms. The van der Waals surface area contributed by atoms with E-state index in [1.807, 2.05) is 30.3 Å². The Morgan fingerprint density at radius 1 is 0.600 bits per heavy atom. The predicted octanol–water partition coefficient (Wildman–Crippen LogP) is 8.69. The number of benzene rings is 4. The SMILES string of the molecule is O=C(NCc1ccc(S(=O)(=O)N2CCC(C(=O)c3ccc(F)cc3F)CC2)s1)c1ccc(Cl)cc1.O=C(NCc1ccc(S(=O)(=O)N2CCCN(C(=O)Cc3ccccc3)CC2)s1)c1ccc(Cl)cc1. The molecule has 2 N–H and O–H groups in total. The van der Waals surface area contributed by atoms with Crippen molar-refractivity contribution in [1.82, 2.24) is 24.1 Å². The molecule has 0 bridgehead atoms. The van der Waals surface area contributed by atoms with Gasteiger partial charge < -0.3 is 15.5 Å². The first-order valence-electron chi connectivity index (χ1n) is 22.0. The molecule has 0 atom stereocenters. The van der Waals surface area contributed by atoms with Crippen molar-refractivity contribution in [2.45, 2.75) is 47.2 Å². The van der Waals surface area contributed by atoms with Crippen molar-refractivity contribution in [3.8, 4) is 0 Å². The van der Waals surface area contributed by atoms with Gasteiger partial charge in [0.15, 0.2) is 5.78 Å². The molecule has 3 amide bonds. The van der Waals surface area contributed by atoms with Gasteiger partial charge in [0.2, 0.25) is 5.91 Å². The summed E-state index contributed by atoms with van der Waals surface area (Å²) in [6, 6.07) is 31.8. The Kier molecular flexibility index (Phi) is 17.7. The van der Waals surface area contributed by atoms with Crippen LogP contribution >= 0.6 is 45.9 Å². The van der Waals surface area contributed by atoms with Gasteiger partial charge in [0, 0.05) is 82.2 Å². The highest BCUT2D eigenvalue weighted by Gasteiger charge is 2.34. The molecule has 2 fully saturated rings. The molecule has 0 saturated carbocycles. The Morgan fingerprint density at radius 2 is 1.11 bits per heavy atom. The summed E-state index contributed by atoms with van der Waals surface area (Å²) in [5.74, 6) is -3.22. The highest BCUT2D eigenvalue weighted by atomic mass is 35.5. The van der Waals surface area contributed by atoms with Gasteiger partial charge in [0.05, 0.1) is 25.1 Å². The molecule has 21 heteroatoms. The van der Waals surface area contributed by atoms with Crippen molar-refractivity contribution in [3.63, 3.8) is 0 Å². The molecule has 2 aliphatic rings. The van der Waals surface area contributed by atoms with Crippen molar-refractivity contribution >= 4 is 89.4 Å². The van der Waals surface area contributed by atoms with E-state index >= 15 is 0 Å². The van der Waals surface area contributed by atoms with Gasteiger partial charge >= 0.3 is 0 Å². The summed E-state index contributed by atoms with van der Waals surface area (Å²) in [5.41, 5.74) is 1.68. The molecular weight excluding hydrogens is 1020 g/mol. The lowest BCUT2D eigenvalue weighted by Crippen LogP contribution is -2.40. The van der Waals surface area contributed by atoms with Crippen LogP contribution in [0.2, 0.25) is 10.0 Å². The normalized spacial score (nSPS) is 15.1. The zero-order chi connectivity index (χ0) is 50.0. The van der Waals surface area contributed by atoms with Gasteiger partial charge in [0.1, 0.15) is 20.1 Å². The standard InChI is InChI=1S/C25H26ClN3O4S2.C24H21ClF2N2O4S2/c26-21-9-7-20(8-10-21)25(31)27-18-22-11-12-24(34-22)35(32,33)29-14-4-13-28(15-16-29)23(30)17-19-5-2-1-3-6-19;25-17-3-1-16(2-4-17)24(31)28-14-19-6-8-22(34-19)35(32,33)29-11-9-15(10-12-29)23(30)20-7-5-18(26)13-21(20)27/h1-3,5-12H,4,13-18H2,(H,27,31);1-8,13,15H,9-12,14H2,(H,28,31). The Balaban J connectivity index is 0.000000206. The Morgan fingerprint density at radius 3 is 1.63 bits per heavy atom. The van der Waals surface area contributed by atoms with Gasteiger partial charge in [-0.15, -0.1) is 22.7 Å². The van der Waals surface area contributed by atoms with Crippen LogP contribution < -0.4 is 10.6 Å². The fourth-order valence-electron chi connectivity index (χ4n) is 7.71. The Labute approximate surface area is 423 Å². The molecule has 4 heterocycles. The number of piperidine rings is 1. The summed E-state index contributed by atoms with van der Waals surface area (Å²) in [6.07, 6.45) is 1.37. The number of nitrogens with zero attached hydrogens (tertiary/aromatic N) is 3. The van der Waals surface area contributed by atoms with Crippen molar-refractivity contribution in [2.75, 3.05) is 39.3 Å². The van der Waals surface area contributed by atoms with E-state index in [4.69, 9.17) is 23.2 Å². The maximum Gasteiger partial charge on any atom is 0.252 e. The van der Waals surface area contributed by atoms with Crippen LogP contribution in [0.15, 0.2) is 130 Å². The van der Waals surface area contributed by atoms with Gasteiger partial charge in [-0.05, 0) is 110 Å². The van der Waals surface area contributed by atoms with E-state index in [1.54, 1.807) is 71.6 Å². The summed E-state index contributed by atoms with van der Waals surface area (Å²) in [7, 11) is -7.46. The number of sulfonamides is 2. The zero-order valence-corrected chi connectivity index (χ0v) is 42.1. The van der Waals surface area contributed by atoms with Crippen LogP contribution in [0, 0.1) is 17.6 Å². The maximum atomic E-state index is 14.0. The number of Topliss-reactive ketones (excluding diaryl/α,β-unsaturated/α-hetero) is 1. The Hall–Kier alpha value is -5.38. The first-order chi connectivity index (χ1) is 33.5. The van der Waals surface area contributed by atoms with Gasteiger partial charge in [-0.1, -0.05) is 53.5 Å². The summed E-state index contributed by atoms with van der Waals surface area (Å²) in [6.45, 7) is 2.13. The van der Waals surface area contributed by atoms with Crippen molar-refractivity contribution in [1.29, 1.82) is 0 Å². The highest BCUT2D eigenvalue weighted by molar-refractivity contribution is 7.91. The molecule has 2 saturated heterocycles. The number of ketones is 1. The number of halogens is 4. The fraction of sp³-hybridized carbons (Fsp3) is 0.265. The number of nitrogens with one attached hydrogen (secondary N) is 2. The van der Waals surface area contributed by atoms with Crippen LogP contribution in [-0.2, 0) is 44.4 Å². The van der Waals surface area contributed by atoms with Gasteiger partial charge in [-0.2, -0.15) is 8.61 Å². The van der Waals surface area contributed by atoms with Crippen molar-refractivity contribution in [2.24, 2.45) is 5.92 Å². The summed E-state index contributed by atoms with van der Waals surface area (Å²) in [4.78, 5) is 53.1. The van der Waals surface area contributed by atoms with Crippen LogP contribution in [-0.4, -0.2) is 93.1 Å². The number of hydrogen-bond acceptors (Lipinski definition) is 10. The van der Waals surface area contributed by atoms with Gasteiger partial charge in [-0.3, -0.25) is 19.2 Å². The number of amides is 3. The molecule has 6 aromatic rings. The smallest absolute Gasteiger partial charge is 0.252 e. The largest absolute Gasteiger partial charge is 0.347 e. The van der Waals surface area contributed by atoms with E-state index in [0.29, 0.717) is 64.6 Å². The molecule has 0 aliphatic carbocycles. The van der Waals surface area contributed by atoms with E-state index in [9.17, 15) is 44.8 Å². The number of carbonyl (C=O) groups is 4. The second-order valence-electron chi connectivity index (χ2n) is 16.3. The topological polar surface area (TPSA) is 170 Å². The second-order valence-corrected chi connectivity index (χ2v) is 23.8. The summed E-state index contributed by atoms with van der Waals surface area (Å²) < 4.78 is 82.9. The van der Waals surface area contributed by atoms with E-state index in [0.717, 1.165) is 45.2 Å². The van der Waals surface area contributed by atoms with E-state index in [-0.39, 0.29) is 77.3 Å². The molecule has 70 heavy (non-hydrogen) atoms. The molecule has 2 aliphatic heterocycles. The van der Waals surface area contributed by atoms with Crippen molar-refractivity contribution < 1.29 is 44.8 Å². The first-order valence-corrected chi connectivity index (χ1v) is 27.3. The number of hydrogen-bond donors (Lipinski definition) is 2. The molecule has 4 aromatic carbocycles. The second kappa shape index (κ2) is 23.7. The summed E-state index contributed by atoms with van der Waals surface area (Å²) >= 11 is 13.9. The first kappa shape index (κ1) is 52.4. The minimum Gasteiger partial charge on any atom is -0.347 e. The molecule has 0 unspecified atom stereocenters. The van der Waals surface area contributed by atoms with Gasteiger partial charge in [-0.25, -0.2) is 25.6 Å². The van der Waals surface area contributed by atoms with Crippen LogP contribution in [0.5, 0.6) is 0 Å². The van der Waals surface area contributed by atoms with Crippen LogP contribution in [0.4, 0.5) is 8.78 Å². The monoisotopic (exact) mass is 1070 g/mol. The minimum absolute atomic E-state index is 0.00490. The van der Waals surface area contributed by atoms with E-state index in [2.05, 4.69) is 10.6 Å². The molecule has 8 rings (SSSR count). The number of carbonyl (C=O) groups excluding carboxylic acids is 4. The van der Waals surface area contributed by atoms with E-state index < -0.39 is 43.4 Å². The summed E-state index contributed by atoms with van der Waals surface area (Å²) in [5, 5.41) is 6.62. The third-order valence-corrected chi connectivity index (χ3v) is 19.0. The van der Waals surface area contributed by atoms with Crippen LogP contribution in [0.1, 0.15) is 65.7 Å².